The summed E-state index contributed by atoms with van der Waals surface area (Å²) in [4.78, 5) is 22.0. The van der Waals surface area contributed by atoms with Crippen LogP contribution in [0.1, 0.15) is 16.2 Å². The third kappa shape index (κ3) is 2.32. The van der Waals surface area contributed by atoms with Crippen LogP contribution in [0.5, 0.6) is 0 Å². The quantitative estimate of drug-likeness (QED) is 0.784. The first-order valence-electron chi connectivity index (χ1n) is 4.43. The van der Waals surface area contributed by atoms with Crippen molar-refractivity contribution in [3.8, 4) is 0 Å². The van der Waals surface area contributed by atoms with Gasteiger partial charge < -0.3 is 14.8 Å². The molecule has 82 valence electrons. The summed E-state index contributed by atoms with van der Waals surface area (Å²) in [7, 11) is 0. The molecule has 0 unspecified atom stereocenters. The lowest BCUT2D eigenvalue weighted by molar-refractivity contribution is 0.0690. The predicted octanol–water partition coefficient (Wildman–Crippen LogP) is 0.775. The van der Waals surface area contributed by atoms with Gasteiger partial charge in [0.2, 0.25) is 5.95 Å². The van der Waals surface area contributed by atoms with Crippen molar-refractivity contribution in [3.63, 3.8) is 0 Å². The smallest absolute Gasteiger partial charge is 0.354 e. The molecule has 0 aliphatic rings. The zero-order valence-electron chi connectivity index (χ0n) is 8.12. The van der Waals surface area contributed by atoms with E-state index in [1.54, 1.807) is 6.20 Å². The number of anilines is 1. The molecule has 0 spiro atoms. The number of hydrogen-bond acceptors (Lipinski definition) is 6. The fraction of sp³-hybridized carbons (Fsp3) is 0.111. The number of nitrogens with one attached hydrogen (secondary N) is 1. The summed E-state index contributed by atoms with van der Waals surface area (Å²) in [6.07, 6.45) is 4.23. The van der Waals surface area contributed by atoms with E-state index in [2.05, 4.69) is 20.3 Å². The van der Waals surface area contributed by atoms with Crippen LogP contribution in [0.2, 0.25) is 0 Å². The highest BCUT2D eigenvalue weighted by molar-refractivity contribution is 5.85. The first-order valence-corrected chi connectivity index (χ1v) is 4.43. The lowest BCUT2D eigenvalue weighted by Gasteiger charge is -2.02. The monoisotopic (exact) mass is 220 g/mol. The van der Waals surface area contributed by atoms with E-state index in [9.17, 15) is 4.79 Å². The van der Waals surface area contributed by atoms with Crippen molar-refractivity contribution in [2.75, 3.05) is 5.32 Å². The number of aromatic nitrogens is 3. The lowest BCUT2D eigenvalue weighted by Crippen LogP contribution is -2.07. The fourth-order valence-corrected chi connectivity index (χ4v) is 1.06. The van der Waals surface area contributed by atoms with Crippen LogP contribution in [0.3, 0.4) is 0 Å². The van der Waals surface area contributed by atoms with Crippen LogP contribution in [0.4, 0.5) is 5.95 Å². The molecule has 0 saturated heterocycles. The van der Waals surface area contributed by atoms with Gasteiger partial charge in [0.1, 0.15) is 5.76 Å². The molecular weight excluding hydrogens is 212 g/mol. The van der Waals surface area contributed by atoms with Gasteiger partial charge in [-0.1, -0.05) is 0 Å². The van der Waals surface area contributed by atoms with Crippen molar-refractivity contribution < 1.29 is 14.3 Å². The zero-order chi connectivity index (χ0) is 11.4. The van der Waals surface area contributed by atoms with Crippen molar-refractivity contribution in [1.29, 1.82) is 0 Å². The Morgan fingerprint density at radius 2 is 2.44 bits per heavy atom. The highest BCUT2D eigenvalue weighted by Gasteiger charge is 2.06. The van der Waals surface area contributed by atoms with Crippen molar-refractivity contribution in [2.45, 2.75) is 6.54 Å². The second kappa shape index (κ2) is 4.39. The van der Waals surface area contributed by atoms with Crippen LogP contribution in [-0.2, 0) is 6.54 Å². The van der Waals surface area contributed by atoms with Crippen molar-refractivity contribution >= 4 is 11.9 Å². The van der Waals surface area contributed by atoms with Crippen LogP contribution >= 0.6 is 0 Å². The third-order valence-corrected chi connectivity index (χ3v) is 1.78. The molecule has 0 amide bonds. The van der Waals surface area contributed by atoms with Crippen LogP contribution in [0.25, 0.3) is 0 Å². The molecule has 7 nitrogen and oxygen atoms in total. The van der Waals surface area contributed by atoms with Gasteiger partial charge in [-0.05, 0) is 6.07 Å². The van der Waals surface area contributed by atoms with Crippen molar-refractivity contribution in [3.05, 3.63) is 36.3 Å². The minimum Gasteiger partial charge on any atom is -0.477 e. The molecule has 0 fully saturated rings. The van der Waals surface area contributed by atoms with Crippen molar-refractivity contribution in [2.24, 2.45) is 0 Å². The van der Waals surface area contributed by atoms with Gasteiger partial charge in [0.05, 0.1) is 12.7 Å². The van der Waals surface area contributed by atoms with E-state index in [1.807, 2.05) is 0 Å². The first-order chi connectivity index (χ1) is 7.75. The number of carboxylic acid groups (broad SMARTS) is 1. The summed E-state index contributed by atoms with van der Waals surface area (Å²) in [6.45, 7) is 0.350. The molecule has 16 heavy (non-hydrogen) atoms. The van der Waals surface area contributed by atoms with Gasteiger partial charge in [0.15, 0.2) is 12.1 Å². The molecular formula is C9H8N4O3. The molecule has 0 aliphatic carbocycles. The van der Waals surface area contributed by atoms with Crippen LogP contribution in [0, 0.1) is 0 Å². The molecule has 0 bridgehead atoms. The summed E-state index contributed by atoms with van der Waals surface area (Å²) in [6, 6.07) is 1.32. The Morgan fingerprint density at radius 3 is 3.12 bits per heavy atom. The van der Waals surface area contributed by atoms with E-state index in [0.29, 0.717) is 12.3 Å². The average molecular weight is 220 g/mol. The van der Waals surface area contributed by atoms with E-state index in [0.717, 1.165) is 0 Å². The molecule has 2 aromatic heterocycles. The Kier molecular flexibility index (Phi) is 2.77. The molecule has 0 aliphatic heterocycles. The van der Waals surface area contributed by atoms with Gasteiger partial charge in [-0.15, -0.1) is 0 Å². The minimum absolute atomic E-state index is 0.0601. The molecule has 0 atom stereocenters. The normalized spacial score (nSPS) is 10.0. The maximum absolute atomic E-state index is 10.6. The summed E-state index contributed by atoms with van der Waals surface area (Å²) in [5.41, 5.74) is -0.0601. The largest absolute Gasteiger partial charge is 0.477 e. The second-order valence-electron chi connectivity index (χ2n) is 2.89. The van der Waals surface area contributed by atoms with Gasteiger partial charge >= 0.3 is 5.97 Å². The Labute approximate surface area is 90.2 Å². The average Bonchev–Trinajstić information content (AvgIpc) is 2.79. The molecule has 7 heteroatoms. The second-order valence-corrected chi connectivity index (χ2v) is 2.89. The number of carbonyl (C=O) groups is 1. The standard InChI is InChI=1S/C9H8N4O3/c14-8(15)7-1-2-11-9(13-7)12-4-6-3-10-5-16-6/h1-3,5H,4H2,(H,14,15)(H,11,12,13). The Balaban J connectivity index is 2.04. The molecule has 2 rings (SSSR count). The number of aromatic carboxylic acids is 1. The number of hydrogen-bond donors (Lipinski definition) is 2. The number of rotatable bonds is 4. The van der Waals surface area contributed by atoms with Crippen molar-refractivity contribution in [1.82, 2.24) is 15.0 Å². The summed E-state index contributed by atoms with van der Waals surface area (Å²) >= 11 is 0. The Bertz CT molecular complexity index is 483. The number of carboxylic acids is 1. The highest BCUT2D eigenvalue weighted by Crippen LogP contribution is 2.03. The summed E-state index contributed by atoms with van der Waals surface area (Å²) in [5.74, 6) is -0.245. The van der Waals surface area contributed by atoms with Crippen LogP contribution < -0.4 is 5.32 Å². The molecule has 0 saturated carbocycles. The van der Waals surface area contributed by atoms with Crippen LogP contribution in [-0.4, -0.2) is 26.0 Å². The first kappa shape index (κ1) is 10.1. The SMILES string of the molecule is O=C(O)c1ccnc(NCc2cnco2)n1. The topological polar surface area (TPSA) is 101 Å². The number of oxazole rings is 1. The van der Waals surface area contributed by atoms with Gasteiger partial charge in [-0.2, -0.15) is 0 Å². The van der Waals surface area contributed by atoms with E-state index >= 15 is 0 Å². The fourth-order valence-electron chi connectivity index (χ4n) is 1.06. The minimum atomic E-state index is -1.09. The molecule has 2 heterocycles. The maximum Gasteiger partial charge on any atom is 0.354 e. The van der Waals surface area contributed by atoms with Gasteiger partial charge in [-0.25, -0.2) is 19.7 Å². The van der Waals surface area contributed by atoms with Gasteiger partial charge in [-0.3, -0.25) is 0 Å². The lowest BCUT2D eigenvalue weighted by atomic mass is 10.4. The highest BCUT2D eigenvalue weighted by atomic mass is 16.4. The summed E-state index contributed by atoms with van der Waals surface area (Å²) < 4.78 is 4.99. The van der Waals surface area contributed by atoms with E-state index < -0.39 is 5.97 Å². The zero-order valence-corrected chi connectivity index (χ0v) is 8.12. The predicted molar refractivity (Wildman–Crippen MR) is 52.8 cm³/mol. The number of nitrogens with zero attached hydrogens (tertiary/aromatic N) is 3. The van der Waals surface area contributed by atoms with Crippen LogP contribution in [0.15, 0.2) is 29.3 Å². The maximum atomic E-state index is 10.6. The molecule has 0 aromatic carbocycles. The molecule has 2 aromatic rings. The Morgan fingerprint density at radius 1 is 1.56 bits per heavy atom. The molecule has 0 radical (unpaired) electrons. The summed E-state index contributed by atoms with van der Waals surface area (Å²) in [5, 5.41) is 11.5. The van der Waals surface area contributed by atoms with E-state index in [1.165, 1.54) is 18.7 Å². The molecule has 2 N–H and O–H groups in total. The van der Waals surface area contributed by atoms with E-state index in [-0.39, 0.29) is 11.6 Å². The Hall–Kier alpha value is -2.44. The van der Waals surface area contributed by atoms with Gasteiger partial charge in [0.25, 0.3) is 0 Å². The van der Waals surface area contributed by atoms with Gasteiger partial charge in [0, 0.05) is 6.20 Å². The van der Waals surface area contributed by atoms with E-state index in [4.69, 9.17) is 9.52 Å². The third-order valence-electron chi connectivity index (χ3n) is 1.78.